The summed E-state index contributed by atoms with van der Waals surface area (Å²) in [7, 11) is -4.76. The Kier molecular flexibility index (Phi) is 11.5. The number of piperazine rings is 1. The summed E-state index contributed by atoms with van der Waals surface area (Å²) in [5.41, 5.74) is -1.72. The highest BCUT2D eigenvalue weighted by Crippen LogP contribution is 2.47. The summed E-state index contributed by atoms with van der Waals surface area (Å²) in [6.45, 7) is 5.10. The number of hydrogen-bond donors (Lipinski definition) is 3. The molecule has 0 saturated carbocycles. The van der Waals surface area contributed by atoms with Crippen LogP contribution >= 0.6 is 7.82 Å². The molecule has 21 heteroatoms. The zero-order valence-electron chi connectivity index (χ0n) is 31.6. The molecule has 0 spiro atoms. The van der Waals surface area contributed by atoms with E-state index in [2.05, 4.69) is 35.4 Å². The summed E-state index contributed by atoms with van der Waals surface area (Å²) in [5.74, 6) is -6.55. The van der Waals surface area contributed by atoms with Gasteiger partial charge in [0.15, 0.2) is 5.60 Å². The van der Waals surface area contributed by atoms with Crippen molar-refractivity contribution in [1.82, 2.24) is 39.5 Å². The molecule has 3 N–H and O–H groups in total. The number of alkyl halides is 2. The Hall–Kier alpha value is -5.79. The Balaban J connectivity index is 0.989. The third-order valence-electron chi connectivity index (χ3n) is 10.4. The topological polar surface area (TPSA) is 190 Å². The molecule has 0 amide bonds. The summed E-state index contributed by atoms with van der Waals surface area (Å²) in [6, 6.07) is 18.7. The fraction of sp³-hybridized carbons (Fsp3) is 0.316. The molecule has 7 rings (SSSR count). The smallest absolute Gasteiger partial charge is 0.377 e. The van der Waals surface area contributed by atoms with E-state index in [-0.39, 0.29) is 0 Å². The number of aliphatic hydroxyl groups is 1. The first kappa shape index (κ1) is 41.4. The van der Waals surface area contributed by atoms with Crippen LogP contribution in [0, 0.1) is 11.6 Å². The lowest BCUT2D eigenvalue weighted by molar-refractivity contribution is -0.207. The molecule has 0 radical (unpaired) electrons. The van der Waals surface area contributed by atoms with E-state index in [4.69, 9.17) is 4.52 Å². The zero-order valence-corrected chi connectivity index (χ0v) is 32.5. The molecule has 3 aromatic carbocycles. The van der Waals surface area contributed by atoms with Gasteiger partial charge in [0.2, 0.25) is 0 Å². The average molecular weight is 839 g/mol. The SMILES string of the molecule is CC[C@@H]([C@H](C)OP(=O)(O)O)n1ncn(-c2ccc(N3CCN(c4ccc(-c5ccc(C(F)(F)[C@](O)(Cn6cnnn6)c6ccc(F)cc6F)nc5)cc4)CC3)cc2)c1=O. The molecule has 0 aliphatic carbocycles. The van der Waals surface area contributed by atoms with Gasteiger partial charge in [-0.25, -0.2) is 32.1 Å². The van der Waals surface area contributed by atoms with Crippen LogP contribution in [0.5, 0.6) is 0 Å². The molecular weight excluding hydrogens is 799 g/mol. The molecule has 1 fully saturated rings. The van der Waals surface area contributed by atoms with E-state index in [0.29, 0.717) is 55.5 Å². The number of nitrogens with zero attached hydrogens (tertiary/aromatic N) is 10. The maximum absolute atomic E-state index is 16.2. The minimum atomic E-state index is -4.76. The molecule has 59 heavy (non-hydrogen) atoms. The van der Waals surface area contributed by atoms with Crippen LogP contribution < -0.4 is 15.5 Å². The predicted octanol–water partition coefficient (Wildman–Crippen LogP) is 4.82. The highest BCUT2D eigenvalue weighted by molar-refractivity contribution is 7.46. The highest BCUT2D eigenvalue weighted by Gasteiger charge is 2.58. The van der Waals surface area contributed by atoms with Crippen molar-refractivity contribution in [3.8, 4) is 16.8 Å². The van der Waals surface area contributed by atoms with Crippen molar-refractivity contribution in [3.05, 3.63) is 131 Å². The van der Waals surface area contributed by atoms with Crippen LogP contribution in [-0.2, 0) is 27.2 Å². The first-order valence-electron chi connectivity index (χ1n) is 18.4. The third-order valence-corrected chi connectivity index (χ3v) is 11.0. The zero-order chi connectivity index (χ0) is 42.1. The Bertz CT molecular complexity index is 2480. The summed E-state index contributed by atoms with van der Waals surface area (Å²) < 4.78 is 80.4. The van der Waals surface area contributed by atoms with E-state index >= 15 is 8.78 Å². The Labute approximate surface area is 334 Å². The first-order chi connectivity index (χ1) is 28.1. The number of tetrazole rings is 1. The van der Waals surface area contributed by atoms with Crippen LogP contribution in [0.2, 0.25) is 0 Å². The van der Waals surface area contributed by atoms with E-state index in [1.807, 2.05) is 36.4 Å². The number of pyridine rings is 1. The summed E-state index contributed by atoms with van der Waals surface area (Å²) in [5, 5.41) is 25.9. The first-order valence-corrected chi connectivity index (χ1v) is 19.9. The lowest BCUT2D eigenvalue weighted by atomic mass is 9.84. The van der Waals surface area contributed by atoms with Gasteiger partial charge in [0.05, 0.1) is 24.4 Å². The van der Waals surface area contributed by atoms with E-state index in [1.165, 1.54) is 34.8 Å². The van der Waals surface area contributed by atoms with Crippen LogP contribution in [0.15, 0.2) is 103 Å². The fourth-order valence-electron chi connectivity index (χ4n) is 7.25. The summed E-state index contributed by atoms with van der Waals surface area (Å²) in [6.07, 6.45) is 2.97. The normalized spacial score (nSPS) is 15.9. The third kappa shape index (κ3) is 8.53. The quantitative estimate of drug-likeness (QED) is 0.100. The van der Waals surface area contributed by atoms with Gasteiger partial charge in [-0.05, 0) is 83.9 Å². The number of rotatable bonds is 14. The minimum absolute atomic E-state index is 0.355. The van der Waals surface area contributed by atoms with E-state index in [0.717, 1.165) is 40.6 Å². The van der Waals surface area contributed by atoms with Crippen LogP contribution in [0.1, 0.15) is 37.6 Å². The molecule has 0 bridgehead atoms. The molecule has 16 nitrogen and oxygen atoms in total. The summed E-state index contributed by atoms with van der Waals surface area (Å²) >= 11 is 0. The summed E-state index contributed by atoms with van der Waals surface area (Å²) in [4.78, 5) is 40.1. The van der Waals surface area contributed by atoms with Crippen molar-refractivity contribution in [2.45, 2.75) is 50.5 Å². The maximum Gasteiger partial charge on any atom is 0.469 e. The molecule has 3 atom stereocenters. The van der Waals surface area contributed by atoms with Gasteiger partial charge in [-0.2, -0.15) is 13.9 Å². The van der Waals surface area contributed by atoms with Crippen LogP contribution in [0.4, 0.5) is 28.9 Å². The van der Waals surface area contributed by atoms with Gasteiger partial charge < -0.3 is 24.7 Å². The number of benzene rings is 3. The molecule has 1 saturated heterocycles. The number of halogens is 4. The minimum Gasteiger partial charge on any atom is -0.377 e. The second kappa shape index (κ2) is 16.5. The number of hydrogen-bond acceptors (Lipinski definition) is 11. The fourth-order valence-corrected chi connectivity index (χ4v) is 7.82. The lowest BCUT2D eigenvalue weighted by Crippen LogP contribution is -2.48. The average Bonchev–Trinajstić information content (AvgIpc) is 3.87. The predicted molar refractivity (Wildman–Crippen MR) is 206 cm³/mol. The number of phosphoric acid groups is 1. The maximum atomic E-state index is 16.2. The van der Waals surface area contributed by atoms with Crippen molar-refractivity contribution in [1.29, 1.82) is 0 Å². The van der Waals surface area contributed by atoms with Gasteiger partial charge in [0.1, 0.15) is 30.0 Å². The van der Waals surface area contributed by atoms with Crippen molar-refractivity contribution in [2.24, 2.45) is 0 Å². The molecule has 1 aliphatic heterocycles. The molecule has 310 valence electrons. The largest absolute Gasteiger partial charge is 0.469 e. The van der Waals surface area contributed by atoms with Crippen LogP contribution in [0.25, 0.3) is 16.8 Å². The molecule has 0 unspecified atom stereocenters. The Morgan fingerprint density at radius 1 is 0.864 bits per heavy atom. The van der Waals surface area contributed by atoms with Crippen molar-refractivity contribution in [2.75, 3.05) is 36.0 Å². The number of phosphoric ester groups is 1. The molecule has 1 aliphatic rings. The van der Waals surface area contributed by atoms with Gasteiger partial charge in [0, 0.05) is 60.9 Å². The standard InChI is InChI=1S/C38H39F4N10O6P/c1-3-34(25(2)58-59(55,56)57)52-36(53)51(24-45-52)31-12-10-30(11-13-31)49-18-16-48(17-19-49)29-8-4-26(5-9-29)27-6-15-35(43-21-27)38(41,42)37(54,22-50-23-44-46-47-50)32-14-7-28(39)20-33(32)40/h4-15,20-21,23-25,34,54H,3,16-19,22H2,1-2H3,(H2,55,56,57)/t25-,34-,37-/m0/s1. The van der Waals surface area contributed by atoms with Gasteiger partial charge in [-0.3, -0.25) is 9.51 Å². The van der Waals surface area contributed by atoms with E-state index in [1.54, 1.807) is 19.1 Å². The second-order valence-corrected chi connectivity index (χ2v) is 15.2. The van der Waals surface area contributed by atoms with Crippen LogP contribution in [-0.4, -0.2) is 86.7 Å². The number of anilines is 2. The highest BCUT2D eigenvalue weighted by atomic mass is 31.2. The van der Waals surface area contributed by atoms with Gasteiger partial charge >= 0.3 is 19.4 Å². The van der Waals surface area contributed by atoms with Gasteiger partial charge in [-0.15, -0.1) is 5.10 Å². The Morgan fingerprint density at radius 3 is 2.02 bits per heavy atom. The molecular formula is C38H39F4N10O6P. The van der Waals surface area contributed by atoms with Gasteiger partial charge in [-0.1, -0.05) is 25.1 Å². The number of aromatic nitrogens is 8. The van der Waals surface area contributed by atoms with Crippen LogP contribution in [0.3, 0.4) is 0 Å². The molecule has 6 aromatic rings. The lowest BCUT2D eigenvalue weighted by Gasteiger charge is -2.37. The second-order valence-electron chi connectivity index (χ2n) is 14.0. The van der Waals surface area contributed by atoms with E-state index < -0.39 is 66.6 Å². The van der Waals surface area contributed by atoms with Crippen molar-refractivity contribution in [3.63, 3.8) is 0 Å². The Morgan fingerprint density at radius 2 is 1.47 bits per heavy atom. The molecule has 3 aromatic heterocycles. The van der Waals surface area contributed by atoms with Crippen molar-refractivity contribution < 1.29 is 41.5 Å². The molecule has 4 heterocycles. The van der Waals surface area contributed by atoms with Gasteiger partial charge in [0.25, 0.3) is 0 Å². The monoisotopic (exact) mass is 838 g/mol. The van der Waals surface area contributed by atoms with E-state index in [9.17, 15) is 33.0 Å². The van der Waals surface area contributed by atoms with Crippen molar-refractivity contribution >= 4 is 19.2 Å².